The first-order valence-corrected chi connectivity index (χ1v) is 5.45. The number of ether oxygens (including phenoxy) is 1. The maximum Gasteiger partial charge on any atom is 0.331 e. The summed E-state index contributed by atoms with van der Waals surface area (Å²) in [5.74, 6) is -1.73. The Bertz CT molecular complexity index is 337. The third-order valence-corrected chi connectivity index (χ3v) is 2.35. The molecule has 1 aliphatic rings. The zero-order chi connectivity index (χ0) is 12.7. The largest absolute Gasteiger partial charge is 0.478 e. The maximum absolute atomic E-state index is 11.2. The average Bonchev–Trinajstić information content (AvgIpc) is 2.68. The Balaban J connectivity index is 2.09. The van der Waals surface area contributed by atoms with Crippen molar-refractivity contribution < 1.29 is 24.2 Å². The Morgan fingerprint density at radius 2 is 2.18 bits per heavy atom. The lowest BCUT2D eigenvalue weighted by Gasteiger charge is -2.14. The molecule has 1 amide bonds. The van der Waals surface area contributed by atoms with E-state index in [1.807, 2.05) is 0 Å². The SMILES string of the molecule is O=C(O)/C=C/C(=O)OCCCN1CCCC1=O. The Morgan fingerprint density at radius 3 is 2.76 bits per heavy atom. The number of hydrogen-bond donors (Lipinski definition) is 1. The fourth-order valence-electron chi connectivity index (χ4n) is 1.56. The van der Waals surface area contributed by atoms with Gasteiger partial charge in [0.2, 0.25) is 5.91 Å². The smallest absolute Gasteiger partial charge is 0.331 e. The second-order valence-electron chi connectivity index (χ2n) is 3.68. The molecule has 0 aromatic heterocycles. The summed E-state index contributed by atoms with van der Waals surface area (Å²) in [4.78, 5) is 34.0. The van der Waals surface area contributed by atoms with E-state index in [0.29, 0.717) is 19.4 Å². The molecular formula is C11H15NO5. The quantitative estimate of drug-likeness (QED) is 0.407. The topological polar surface area (TPSA) is 83.9 Å². The normalized spacial score (nSPS) is 15.5. The second-order valence-corrected chi connectivity index (χ2v) is 3.68. The predicted octanol–water partition coefficient (Wildman–Crippen LogP) is 0.183. The molecule has 0 bridgehead atoms. The molecule has 0 radical (unpaired) electrons. The highest BCUT2D eigenvalue weighted by Gasteiger charge is 2.19. The monoisotopic (exact) mass is 241 g/mol. The molecule has 6 heteroatoms. The molecular weight excluding hydrogens is 226 g/mol. The van der Waals surface area contributed by atoms with Crippen molar-refractivity contribution >= 4 is 17.8 Å². The zero-order valence-electron chi connectivity index (χ0n) is 9.42. The Labute approximate surface area is 98.8 Å². The summed E-state index contributed by atoms with van der Waals surface area (Å²) >= 11 is 0. The number of likely N-dealkylation sites (tertiary alicyclic amines) is 1. The van der Waals surface area contributed by atoms with Gasteiger partial charge < -0.3 is 14.7 Å². The summed E-state index contributed by atoms with van der Waals surface area (Å²) in [5.41, 5.74) is 0. The Morgan fingerprint density at radius 1 is 1.41 bits per heavy atom. The number of carbonyl (C=O) groups is 3. The van der Waals surface area contributed by atoms with Gasteiger partial charge in [0.25, 0.3) is 0 Å². The third kappa shape index (κ3) is 5.14. The standard InChI is InChI=1S/C11H15NO5/c13-9-3-1-6-12(9)7-2-8-17-11(16)5-4-10(14)15/h4-5H,1-3,6-8H2,(H,14,15)/b5-4+. The number of aliphatic carboxylic acids is 1. The van der Waals surface area contributed by atoms with Gasteiger partial charge in [0.15, 0.2) is 0 Å². The minimum Gasteiger partial charge on any atom is -0.478 e. The highest BCUT2D eigenvalue weighted by molar-refractivity contribution is 5.90. The van der Waals surface area contributed by atoms with Gasteiger partial charge in [-0.25, -0.2) is 9.59 Å². The van der Waals surface area contributed by atoms with Crippen LogP contribution in [0.1, 0.15) is 19.3 Å². The maximum atomic E-state index is 11.2. The number of carbonyl (C=O) groups excluding carboxylic acids is 2. The molecule has 0 aromatic carbocycles. The van der Waals surface area contributed by atoms with Crippen LogP contribution in [0, 0.1) is 0 Å². The number of carboxylic acid groups (broad SMARTS) is 1. The summed E-state index contributed by atoms with van der Waals surface area (Å²) in [5, 5.41) is 8.27. The molecule has 1 fully saturated rings. The van der Waals surface area contributed by atoms with E-state index < -0.39 is 11.9 Å². The first kappa shape index (κ1) is 13.2. The molecule has 1 aliphatic heterocycles. The molecule has 0 atom stereocenters. The molecule has 94 valence electrons. The van der Waals surface area contributed by atoms with E-state index >= 15 is 0 Å². The molecule has 6 nitrogen and oxygen atoms in total. The van der Waals surface area contributed by atoms with E-state index in [1.165, 1.54) is 0 Å². The highest BCUT2D eigenvalue weighted by Crippen LogP contribution is 2.09. The average molecular weight is 241 g/mol. The first-order valence-electron chi connectivity index (χ1n) is 5.45. The van der Waals surface area contributed by atoms with Crippen LogP contribution in [-0.2, 0) is 19.1 Å². The number of esters is 1. The van der Waals surface area contributed by atoms with E-state index in [2.05, 4.69) is 0 Å². The predicted molar refractivity (Wildman–Crippen MR) is 58.2 cm³/mol. The molecule has 1 heterocycles. The van der Waals surface area contributed by atoms with Crippen LogP contribution in [0.2, 0.25) is 0 Å². The van der Waals surface area contributed by atoms with Crippen LogP contribution in [0.4, 0.5) is 0 Å². The van der Waals surface area contributed by atoms with Gasteiger partial charge in [0.1, 0.15) is 0 Å². The van der Waals surface area contributed by atoms with Crippen LogP contribution < -0.4 is 0 Å². The van der Waals surface area contributed by atoms with Crippen molar-refractivity contribution in [3.05, 3.63) is 12.2 Å². The van der Waals surface area contributed by atoms with Crippen LogP contribution in [-0.4, -0.2) is 47.5 Å². The van der Waals surface area contributed by atoms with Gasteiger partial charge in [-0.15, -0.1) is 0 Å². The molecule has 0 saturated carbocycles. The zero-order valence-corrected chi connectivity index (χ0v) is 9.42. The summed E-state index contributed by atoms with van der Waals surface area (Å²) in [6.45, 7) is 1.53. The lowest BCUT2D eigenvalue weighted by molar-refractivity contribution is -0.139. The fourth-order valence-corrected chi connectivity index (χ4v) is 1.56. The highest BCUT2D eigenvalue weighted by atomic mass is 16.5. The van der Waals surface area contributed by atoms with Gasteiger partial charge in [-0.2, -0.15) is 0 Å². The summed E-state index contributed by atoms with van der Waals surface area (Å²) < 4.78 is 4.76. The summed E-state index contributed by atoms with van der Waals surface area (Å²) in [7, 11) is 0. The van der Waals surface area contributed by atoms with Gasteiger partial charge in [-0.1, -0.05) is 0 Å². The molecule has 1 N–H and O–H groups in total. The van der Waals surface area contributed by atoms with Crippen molar-refractivity contribution in [3.63, 3.8) is 0 Å². The van der Waals surface area contributed by atoms with Crippen LogP contribution in [0.3, 0.4) is 0 Å². The van der Waals surface area contributed by atoms with Crippen LogP contribution in [0.5, 0.6) is 0 Å². The Kier molecular flexibility index (Phi) is 5.19. The molecule has 0 aromatic rings. The van der Waals surface area contributed by atoms with E-state index in [4.69, 9.17) is 9.84 Å². The molecule has 17 heavy (non-hydrogen) atoms. The summed E-state index contributed by atoms with van der Waals surface area (Å²) in [6.07, 6.45) is 3.65. The number of rotatable bonds is 6. The third-order valence-electron chi connectivity index (χ3n) is 2.35. The van der Waals surface area contributed by atoms with Gasteiger partial charge in [0.05, 0.1) is 6.61 Å². The molecule has 1 saturated heterocycles. The van der Waals surface area contributed by atoms with Gasteiger partial charge in [-0.3, -0.25) is 4.79 Å². The first-order chi connectivity index (χ1) is 8.09. The minimum atomic E-state index is -1.19. The van der Waals surface area contributed by atoms with E-state index in [0.717, 1.165) is 25.1 Å². The second kappa shape index (κ2) is 6.67. The Hall–Kier alpha value is -1.85. The molecule has 0 unspecified atom stereocenters. The van der Waals surface area contributed by atoms with Gasteiger partial charge >= 0.3 is 11.9 Å². The van der Waals surface area contributed by atoms with Crippen LogP contribution >= 0.6 is 0 Å². The van der Waals surface area contributed by atoms with Gasteiger partial charge in [0, 0.05) is 31.7 Å². The fraction of sp³-hybridized carbons (Fsp3) is 0.545. The van der Waals surface area contributed by atoms with Crippen molar-refractivity contribution in [2.45, 2.75) is 19.3 Å². The number of amides is 1. The van der Waals surface area contributed by atoms with E-state index in [9.17, 15) is 14.4 Å². The molecule has 0 spiro atoms. The number of hydrogen-bond acceptors (Lipinski definition) is 4. The lowest BCUT2D eigenvalue weighted by Crippen LogP contribution is -2.26. The minimum absolute atomic E-state index is 0.141. The lowest BCUT2D eigenvalue weighted by atomic mass is 10.4. The van der Waals surface area contributed by atoms with Crippen LogP contribution in [0.15, 0.2) is 12.2 Å². The van der Waals surface area contributed by atoms with Gasteiger partial charge in [-0.05, 0) is 12.8 Å². The number of carboxylic acids is 1. The van der Waals surface area contributed by atoms with Crippen LogP contribution in [0.25, 0.3) is 0 Å². The van der Waals surface area contributed by atoms with E-state index in [-0.39, 0.29) is 12.5 Å². The number of nitrogens with zero attached hydrogens (tertiary/aromatic N) is 1. The van der Waals surface area contributed by atoms with Crippen molar-refractivity contribution in [1.29, 1.82) is 0 Å². The summed E-state index contributed by atoms with van der Waals surface area (Å²) in [6, 6.07) is 0. The van der Waals surface area contributed by atoms with Crippen molar-refractivity contribution in [1.82, 2.24) is 4.90 Å². The van der Waals surface area contributed by atoms with Crippen molar-refractivity contribution in [2.75, 3.05) is 19.7 Å². The van der Waals surface area contributed by atoms with Crippen molar-refractivity contribution in [2.24, 2.45) is 0 Å². The van der Waals surface area contributed by atoms with E-state index in [1.54, 1.807) is 4.90 Å². The van der Waals surface area contributed by atoms with Crippen molar-refractivity contribution in [3.8, 4) is 0 Å². The molecule has 0 aliphatic carbocycles. The molecule has 1 rings (SSSR count).